The van der Waals surface area contributed by atoms with Crippen LogP contribution in [0.2, 0.25) is 0 Å². The number of anilines is 1. The molecule has 2 aromatic rings. The number of hydrogen-bond donors (Lipinski definition) is 2. The lowest BCUT2D eigenvalue weighted by Crippen LogP contribution is -2.39. The van der Waals surface area contributed by atoms with Crippen molar-refractivity contribution in [3.05, 3.63) is 59.9 Å². The zero-order valence-electron chi connectivity index (χ0n) is 19.6. The molecule has 0 aromatic heterocycles. The van der Waals surface area contributed by atoms with Crippen LogP contribution in [0.15, 0.2) is 53.4 Å². The zero-order chi connectivity index (χ0) is 24.7. The summed E-state index contributed by atoms with van der Waals surface area (Å²) >= 11 is 0. The van der Waals surface area contributed by atoms with E-state index in [0.717, 1.165) is 12.8 Å². The van der Waals surface area contributed by atoms with E-state index in [0.29, 0.717) is 49.6 Å². The zero-order valence-corrected chi connectivity index (χ0v) is 20.4. The van der Waals surface area contributed by atoms with Crippen LogP contribution in [0.3, 0.4) is 0 Å². The molecule has 34 heavy (non-hydrogen) atoms. The molecule has 9 heteroatoms. The van der Waals surface area contributed by atoms with Gasteiger partial charge in [0.2, 0.25) is 15.9 Å². The van der Waals surface area contributed by atoms with Gasteiger partial charge in [0.1, 0.15) is 5.82 Å². The predicted molar refractivity (Wildman–Crippen MR) is 129 cm³/mol. The van der Waals surface area contributed by atoms with E-state index in [1.807, 2.05) is 13.8 Å². The molecule has 0 unspecified atom stereocenters. The second kappa shape index (κ2) is 11.6. The summed E-state index contributed by atoms with van der Waals surface area (Å²) in [4.78, 5) is 26.3. The van der Waals surface area contributed by atoms with Crippen molar-refractivity contribution in [1.82, 2.24) is 9.62 Å². The SMILES string of the molecule is CC(C)CC(=O)Nc1ccc(S(=O)(=O)NCCC2CCN(C(=O)c3ccc(F)cc3)CC2)cc1. The van der Waals surface area contributed by atoms with E-state index in [4.69, 9.17) is 0 Å². The summed E-state index contributed by atoms with van der Waals surface area (Å²) in [7, 11) is -3.65. The number of halogens is 1. The average Bonchev–Trinajstić information content (AvgIpc) is 2.79. The van der Waals surface area contributed by atoms with Gasteiger partial charge in [-0.15, -0.1) is 0 Å². The highest BCUT2D eigenvalue weighted by Crippen LogP contribution is 2.22. The van der Waals surface area contributed by atoms with Crippen molar-refractivity contribution < 1.29 is 22.4 Å². The van der Waals surface area contributed by atoms with E-state index < -0.39 is 10.0 Å². The highest BCUT2D eigenvalue weighted by Gasteiger charge is 2.24. The molecule has 0 saturated carbocycles. The molecule has 1 aliphatic rings. The Kier molecular flexibility index (Phi) is 8.79. The van der Waals surface area contributed by atoms with E-state index in [9.17, 15) is 22.4 Å². The van der Waals surface area contributed by atoms with Crippen LogP contribution >= 0.6 is 0 Å². The molecule has 1 fully saturated rings. The number of likely N-dealkylation sites (tertiary alicyclic amines) is 1. The molecule has 2 amide bonds. The molecule has 0 aliphatic carbocycles. The topological polar surface area (TPSA) is 95.6 Å². The van der Waals surface area contributed by atoms with Gasteiger partial charge in [0.05, 0.1) is 4.90 Å². The van der Waals surface area contributed by atoms with E-state index in [-0.39, 0.29) is 28.4 Å². The number of hydrogen-bond acceptors (Lipinski definition) is 4. The number of nitrogens with one attached hydrogen (secondary N) is 2. The lowest BCUT2D eigenvalue weighted by atomic mass is 9.93. The Bertz CT molecular complexity index is 1080. The standard InChI is InChI=1S/C25H32FN3O4S/c1-18(2)17-24(30)28-22-7-9-23(10-8-22)34(32,33)27-14-11-19-12-15-29(16-13-19)25(31)20-3-5-21(26)6-4-20/h3-10,18-19,27H,11-17H2,1-2H3,(H,28,30). The predicted octanol–water partition coefficient (Wildman–Crippen LogP) is 4.03. The summed E-state index contributed by atoms with van der Waals surface area (Å²) in [5, 5.41) is 2.76. The highest BCUT2D eigenvalue weighted by atomic mass is 32.2. The van der Waals surface area contributed by atoms with E-state index in [1.54, 1.807) is 17.0 Å². The Balaban J connectivity index is 1.43. The van der Waals surface area contributed by atoms with Gasteiger partial charge in [-0.05, 0) is 79.6 Å². The third kappa shape index (κ3) is 7.36. The largest absolute Gasteiger partial charge is 0.339 e. The summed E-state index contributed by atoms with van der Waals surface area (Å²) in [6, 6.07) is 11.7. The number of sulfonamides is 1. The van der Waals surface area contributed by atoms with Crippen LogP contribution in [0.4, 0.5) is 10.1 Å². The second-order valence-electron chi connectivity index (χ2n) is 9.10. The second-order valence-corrected chi connectivity index (χ2v) is 10.9. The van der Waals surface area contributed by atoms with Gasteiger partial charge in [-0.25, -0.2) is 17.5 Å². The lowest BCUT2D eigenvalue weighted by molar-refractivity contribution is -0.116. The Labute approximate surface area is 200 Å². The average molecular weight is 490 g/mol. The van der Waals surface area contributed by atoms with Crippen LogP contribution in [0, 0.1) is 17.7 Å². The van der Waals surface area contributed by atoms with Gasteiger partial charge in [0.15, 0.2) is 0 Å². The van der Waals surface area contributed by atoms with Crippen molar-refractivity contribution in [2.24, 2.45) is 11.8 Å². The number of carbonyl (C=O) groups is 2. The molecule has 3 rings (SSSR count). The van der Waals surface area contributed by atoms with E-state index in [1.165, 1.54) is 36.4 Å². The molecule has 1 saturated heterocycles. The fourth-order valence-electron chi connectivity index (χ4n) is 3.98. The molecule has 1 heterocycles. The van der Waals surface area contributed by atoms with Crippen LogP contribution in [-0.4, -0.2) is 44.8 Å². The minimum absolute atomic E-state index is 0.103. The maximum Gasteiger partial charge on any atom is 0.253 e. The van der Waals surface area contributed by atoms with Gasteiger partial charge in [-0.1, -0.05) is 13.8 Å². The number of piperidine rings is 1. The van der Waals surface area contributed by atoms with Gasteiger partial charge < -0.3 is 10.2 Å². The first kappa shape index (κ1) is 25.8. The van der Waals surface area contributed by atoms with E-state index >= 15 is 0 Å². The van der Waals surface area contributed by atoms with Crippen molar-refractivity contribution >= 4 is 27.5 Å². The summed E-state index contributed by atoms with van der Waals surface area (Å²) in [5.74, 6) is -0.0240. The smallest absolute Gasteiger partial charge is 0.253 e. The van der Waals surface area contributed by atoms with Gasteiger partial charge in [0.25, 0.3) is 5.91 Å². The molecule has 184 valence electrons. The van der Waals surface area contributed by atoms with Crippen LogP contribution in [-0.2, 0) is 14.8 Å². The molecule has 0 bridgehead atoms. The van der Waals surface area contributed by atoms with E-state index in [2.05, 4.69) is 10.0 Å². The van der Waals surface area contributed by atoms with Crippen molar-refractivity contribution in [2.45, 2.75) is 44.4 Å². The first-order valence-electron chi connectivity index (χ1n) is 11.6. The number of benzene rings is 2. The summed E-state index contributed by atoms with van der Waals surface area (Å²) in [6.07, 6.45) is 2.67. The number of rotatable bonds is 9. The van der Waals surface area contributed by atoms with Crippen LogP contribution in [0.5, 0.6) is 0 Å². The molecular formula is C25H32FN3O4S. The Hall–Kier alpha value is -2.78. The third-order valence-corrected chi connectivity index (χ3v) is 7.36. The molecule has 1 aliphatic heterocycles. The normalized spacial score (nSPS) is 14.9. The Morgan fingerprint density at radius 3 is 2.24 bits per heavy atom. The minimum atomic E-state index is -3.65. The fourth-order valence-corrected chi connectivity index (χ4v) is 5.03. The first-order valence-corrected chi connectivity index (χ1v) is 13.1. The lowest BCUT2D eigenvalue weighted by Gasteiger charge is -2.32. The van der Waals surface area contributed by atoms with Gasteiger partial charge in [-0.2, -0.15) is 0 Å². The maximum atomic E-state index is 13.1. The quantitative estimate of drug-likeness (QED) is 0.556. The Morgan fingerprint density at radius 2 is 1.65 bits per heavy atom. The third-order valence-electron chi connectivity index (χ3n) is 5.88. The van der Waals surface area contributed by atoms with Crippen molar-refractivity contribution in [3.63, 3.8) is 0 Å². The van der Waals surface area contributed by atoms with Crippen LogP contribution in [0.1, 0.15) is 49.9 Å². The minimum Gasteiger partial charge on any atom is -0.339 e. The summed E-state index contributed by atoms with van der Waals surface area (Å²) in [6.45, 7) is 5.41. The molecular weight excluding hydrogens is 457 g/mol. The van der Waals surface area contributed by atoms with Gasteiger partial charge in [0, 0.05) is 37.3 Å². The first-order chi connectivity index (χ1) is 16.1. The number of carbonyl (C=O) groups excluding carboxylic acids is 2. The summed E-state index contributed by atoms with van der Waals surface area (Å²) in [5.41, 5.74) is 1.03. The molecule has 0 spiro atoms. The van der Waals surface area contributed by atoms with Crippen molar-refractivity contribution in [3.8, 4) is 0 Å². The molecule has 2 aromatic carbocycles. The Morgan fingerprint density at radius 1 is 1.03 bits per heavy atom. The molecule has 0 radical (unpaired) electrons. The molecule has 0 atom stereocenters. The van der Waals surface area contributed by atoms with Crippen molar-refractivity contribution in [1.29, 1.82) is 0 Å². The molecule has 2 N–H and O–H groups in total. The highest BCUT2D eigenvalue weighted by molar-refractivity contribution is 7.89. The van der Waals surface area contributed by atoms with Crippen LogP contribution in [0.25, 0.3) is 0 Å². The van der Waals surface area contributed by atoms with Gasteiger partial charge in [-0.3, -0.25) is 9.59 Å². The van der Waals surface area contributed by atoms with Crippen LogP contribution < -0.4 is 10.0 Å². The maximum absolute atomic E-state index is 13.1. The van der Waals surface area contributed by atoms with Crippen molar-refractivity contribution in [2.75, 3.05) is 25.0 Å². The fraction of sp³-hybridized carbons (Fsp3) is 0.440. The van der Waals surface area contributed by atoms with Gasteiger partial charge >= 0.3 is 0 Å². The number of nitrogens with zero attached hydrogens (tertiary/aromatic N) is 1. The molecule has 7 nitrogen and oxygen atoms in total. The number of amides is 2. The summed E-state index contributed by atoms with van der Waals surface area (Å²) < 4.78 is 40.9. The monoisotopic (exact) mass is 489 g/mol.